The molecule has 0 saturated carbocycles. The zero-order chi connectivity index (χ0) is 14.7. The Morgan fingerprint density at radius 3 is 2.67 bits per heavy atom. The predicted octanol–water partition coefficient (Wildman–Crippen LogP) is 3.55. The maximum atomic E-state index is 10.8. The molecule has 1 unspecified atom stereocenters. The molecule has 0 aromatic heterocycles. The molecule has 2 aromatic rings. The molecule has 0 fully saturated rings. The van der Waals surface area contributed by atoms with Gasteiger partial charge < -0.3 is 10.4 Å². The molecule has 1 aliphatic carbocycles. The Balaban J connectivity index is 1.67. The third-order valence-electron chi connectivity index (χ3n) is 4.12. The van der Waals surface area contributed by atoms with E-state index in [1.54, 1.807) is 12.1 Å². The summed E-state index contributed by atoms with van der Waals surface area (Å²) >= 11 is 0. The van der Waals surface area contributed by atoms with Gasteiger partial charge in [0.15, 0.2) is 0 Å². The van der Waals surface area contributed by atoms with Gasteiger partial charge in [-0.25, -0.2) is 4.79 Å². The second-order valence-corrected chi connectivity index (χ2v) is 5.53. The number of carbonyl (C=O) groups is 1. The van der Waals surface area contributed by atoms with Crippen LogP contribution in [0.25, 0.3) is 0 Å². The number of fused-ring (bicyclic) bond motifs is 1. The number of aryl methyl sites for hydroxylation is 1. The molecule has 0 radical (unpaired) electrons. The first-order valence-electron chi connectivity index (χ1n) is 7.37. The SMILES string of the molecule is O=C(O)c1ccc(CNC2CCCc3ccccc32)cc1. The Kier molecular flexibility index (Phi) is 4.02. The number of hydrogen-bond donors (Lipinski definition) is 2. The molecule has 3 heteroatoms. The normalized spacial score (nSPS) is 17.2. The van der Waals surface area contributed by atoms with E-state index in [0.717, 1.165) is 18.5 Å². The van der Waals surface area contributed by atoms with Crippen LogP contribution in [-0.2, 0) is 13.0 Å². The lowest BCUT2D eigenvalue weighted by molar-refractivity contribution is 0.0697. The molecule has 1 atom stereocenters. The second-order valence-electron chi connectivity index (χ2n) is 5.53. The van der Waals surface area contributed by atoms with Gasteiger partial charge in [-0.05, 0) is 48.1 Å². The summed E-state index contributed by atoms with van der Waals surface area (Å²) in [5.74, 6) is -0.879. The Hall–Kier alpha value is -2.13. The number of nitrogens with one attached hydrogen (secondary N) is 1. The third-order valence-corrected chi connectivity index (χ3v) is 4.12. The molecule has 1 aliphatic rings. The minimum Gasteiger partial charge on any atom is -0.478 e. The molecule has 0 amide bonds. The van der Waals surface area contributed by atoms with E-state index in [1.807, 2.05) is 12.1 Å². The molecule has 0 spiro atoms. The number of hydrogen-bond acceptors (Lipinski definition) is 2. The number of carboxylic acids is 1. The standard InChI is InChI=1S/C18H19NO2/c20-18(21)15-10-8-13(9-11-15)12-19-17-7-3-5-14-4-1-2-6-16(14)17/h1-2,4,6,8-11,17,19H,3,5,7,12H2,(H,20,21). The van der Waals surface area contributed by atoms with Crippen molar-refractivity contribution in [3.05, 3.63) is 70.8 Å². The topological polar surface area (TPSA) is 49.3 Å². The van der Waals surface area contributed by atoms with E-state index in [9.17, 15) is 4.79 Å². The van der Waals surface area contributed by atoms with Gasteiger partial charge in [0.2, 0.25) is 0 Å². The van der Waals surface area contributed by atoms with Gasteiger partial charge in [-0.3, -0.25) is 0 Å². The molecule has 3 nitrogen and oxygen atoms in total. The monoisotopic (exact) mass is 281 g/mol. The molecule has 0 bridgehead atoms. The minimum absolute atomic E-state index is 0.335. The van der Waals surface area contributed by atoms with E-state index >= 15 is 0 Å². The summed E-state index contributed by atoms with van der Waals surface area (Å²) in [6, 6.07) is 16.1. The summed E-state index contributed by atoms with van der Waals surface area (Å²) in [5, 5.41) is 12.5. The number of rotatable bonds is 4. The number of benzene rings is 2. The summed E-state index contributed by atoms with van der Waals surface area (Å²) in [5.41, 5.74) is 4.30. The van der Waals surface area contributed by atoms with Crippen LogP contribution in [0.5, 0.6) is 0 Å². The van der Waals surface area contributed by atoms with Crippen LogP contribution in [0.4, 0.5) is 0 Å². The molecule has 0 aliphatic heterocycles. The van der Waals surface area contributed by atoms with Gasteiger partial charge in [0.1, 0.15) is 0 Å². The van der Waals surface area contributed by atoms with E-state index < -0.39 is 5.97 Å². The highest BCUT2D eigenvalue weighted by atomic mass is 16.4. The summed E-state index contributed by atoms with van der Waals surface area (Å²) in [4.78, 5) is 10.8. The van der Waals surface area contributed by atoms with Gasteiger partial charge in [-0.1, -0.05) is 36.4 Å². The van der Waals surface area contributed by atoms with Crippen molar-refractivity contribution in [3.8, 4) is 0 Å². The zero-order valence-electron chi connectivity index (χ0n) is 11.9. The van der Waals surface area contributed by atoms with Crippen LogP contribution >= 0.6 is 0 Å². The van der Waals surface area contributed by atoms with E-state index in [-0.39, 0.29) is 0 Å². The van der Waals surface area contributed by atoms with Crippen LogP contribution in [0.3, 0.4) is 0 Å². The first-order valence-corrected chi connectivity index (χ1v) is 7.37. The summed E-state index contributed by atoms with van der Waals surface area (Å²) in [6.07, 6.45) is 3.54. The molecule has 2 aromatic carbocycles. The lowest BCUT2D eigenvalue weighted by atomic mass is 9.87. The fourth-order valence-electron chi connectivity index (χ4n) is 2.97. The molecule has 3 rings (SSSR count). The van der Waals surface area contributed by atoms with Crippen molar-refractivity contribution >= 4 is 5.97 Å². The number of aromatic carboxylic acids is 1. The van der Waals surface area contributed by atoms with Crippen LogP contribution < -0.4 is 5.32 Å². The highest BCUT2D eigenvalue weighted by molar-refractivity contribution is 5.87. The fourth-order valence-corrected chi connectivity index (χ4v) is 2.97. The van der Waals surface area contributed by atoms with Crippen molar-refractivity contribution in [1.29, 1.82) is 0 Å². The third kappa shape index (κ3) is 3.14. The van der Waals surface area contributed by atoms with E-state index in [0.29, 0.717) is 11.6 Å². The maximum Gasteiger partial charge on any atom is 0.335 e. The fraction of sp³-hybridized carbons (Fsp3) is 0.278. The van der Waals surface area contributed by atoms with Gasteiger partial charge in [0.25, 0.3) is 0 Å². The first-order chi connectivity index (χ1) is 10.2. The van der Waals surface area contributed by atoms with Crippen LogP contribution in [0.2, 0.25) is 0 Å². The summed E-state index contributed by atoms with van der Waals surface area (Å²) in [6.45, 7) is 0.763. The molecular formula is C18H19NO2. The van der Waals surface area contributed by atoms with Gasteiger partial charge in [-0.15, -0.1) is 0 Å². The van der Waals surface area contributed by atoms with E-state index in [2.05, 4.69) is 29.6 Å². The second kappa shape index (κ2) is 6.10. The molecule has 21 heavy (non-hydrogen) atoms. The van der Waals surface area contributed by atoms with Gasteiger partial charge in [-0.2, -0.15) is 0 Å². The first kappa shape index (κ1) is 13.8. The van der Waals surface area contributed by atoms with Crippen LogP contribution in [0.15, 0.2) is 48.5 Å². The van der Waals surface area contributed by atoms with Crippen LogP contribution in [0, 0.1) is 0 Å². The van der Waals surface area contributed by atoms with Crippen molar-refractivity contribution < 1.29 is 9.90 Å². The maximum absolute atomic E-state index is 10.8. The minimum atomic E-state index is -0.879. The largest absolute Gasteiger partial charge is 0.478 e. The molecule has 0 heterocycles. The predicted molar refractivity (Wildman–Crippen MR) is 82.4 cm³/mol. The lowest BCUT2D eigenvalue weighted by Gasteiger charge is -2.26. The Morgan fingerprint density at radius 2 is 1.90 bits per heavy atom. The van der Waals surface area contributed by atoms with Gasteiger partial charge in [0.05, 0.1) is 5.56 Å². The molecule has 108 valence electrons. The highest BCUT2D eigenvalue weighted by Gasteiger charge is 2.18. The Labute approximate surface area is 124 Å². The van der Waals surface area contributed by atoms with E-state index in [1.165, 1.54) is 24.0 Å². The van der Waals surface area contributed by atoms with Crippen molar-refractivity contribution in [1.82, 2.24) is 5.32 Å². The van der Waals surface area contributed by atoms with E-state index in [4.69, 9.17) is 5.11 Å². The van der Waals surface area contributed by atoms with Crippen LogP contribution in [-0.4, -0.2) is 11.1 Å². The van der Waals surface area contributed by atoms with Crippen molar-refractivity contribution in [2.45, 2.75) is 31.8 Å². The molecule has 2 N–H and O–H groups in total. The highest BCUT2D eigenvalue weighted by Crippen LogP contribution is 2.29. The number of carboxylic acid groups (broad SMARTS) is 1. The average molecular weight is 281 g/mol. The van der Waals surface area contributed by atoms with Crippen molar-refractivity contribution in [2.24, 2.45) is 0 Å². The molecular weight excluding hydrogens is 262 g/mol. The van der Waals surface area contributed by atoms with Crippen molar-refractivity contribution in [3.63, 3.8) is 0 Å². The van der Waals surface area contributed by atoms with Gasteiger partial charge in [0, 0.05) is 12.6 Å². The zero-order valence-corrected chi connectivity index (χ0v) is 11.9. The summed E-state index contributed by atoms with van der Waals surface area (Å²) < 4.78 is 0. The smallest absolute Gasteiger partial charge is 0.335 e. The van der Waals surface area contributed by atoms with Crippen molar-refractivity contribution in [2.75, 3.05) is 0 Å². The summed E-state index contributed by atoms with van der Waals surface area (Å²) in [7, 11) is 0. The average Bonchev–Trinajstić information content (AvgIpc) is 2.53. The lowest BCUT2D eigenvalue weighted by Crippen LogP contribution is -2.24. The van der Waals surface area contributed by atoms with Crippen LogP contribution in [0.1, 0.15) is 45.9 Å². The molecule has 0 saturated heterocycles. The quantitative estimate of drug-likeness (QED) is 0.901. The van der Waals surface area contributed by atoms with Gasteiger partial charge >= 0.3 is 5.97 Å². The Bertz CT molecular complexity index is 634. The Morgan fingerprint density at radius 1 is 1.14 bits per heavy atom.